The Bertz CT molecular complexity index is 780. The van der Waals surface area contributed by atoms with Gasteiger partial charge in [0.2, 0.25) is 0 Å². The van der Waals surface area contributed by atoms with Crippen LogP contribution in [-0.2, 0) is 17.6 Å². The second-order valence-corrected chi connectivity index (χ2v) is 4.71. The molecule has 0 aliphatic carbocycles. The van der Waals surface area contributed by atoms with Crippen molar-refractivity contribution < 1.29 is 22.7 Å². The van der Waals surface area contributed by atoms with Gasteiger partial charge < -0.3 is 9.57 Å². The molecule has 0 atom stereocenters. The summed E-state index contributed by atoms with van der Waals surface area (Å²) in [4.78, 5) is 4.62. The Morgan fingerprint density at radius 3 is 2.58 bits per heavy atom. The van der Waals surface area contributed by atoms with Crippen molar-refractivity contribution in [2.45, 2.75) is 12.8 Å². The lowest BCUT2D eigenvalue weighted by Gasteiger charge is -2.12. The first-order chi connectivity index (χ1) is 11.5. The second-order valence-electron chi connectivity index (χ2n) is 4.71. The van der Waals surface area contributed by atoms with Crippen LogP contribution < -0.4 is 4.74 Å². The Hall–Kier alpha value is -3.01. The molecule has 0 saturated heterocycles. The Labute approximate surface area is 136 Å². The summed E-state index contributed by atoms with van der Waals surface area (Å²) >= 11 is 0. The van der Waals surface area contributed by atoms with Gasteiger partial charge in [-0.2, -0.15) is 18.4 Å². The van der Waals surface area contributed by atoms with E-state index in [0.29, 0.717) is 11.1 Å². The van der Waals surface area contributed by atoms with Crippen LogP contribution in [0.5, 0.6) is 5.75 Å². The topological polar surface area (TPSA) is 54.6 Å². The highest BCUT2D eigenvalue weighted by Crippen LogP contribution is 2.31. The maximum absolute atomic E-state index is 12.7. The minimum absolute atomic E-state index is 0.0120. The number of benzene rings is 2. The summed E-state index contributed by atoms with van der Waals surface area (Å²) in [6.45, 7) is -0.0120. The van der Waals surface area contributed by atoms with Crippen molar-refractivity contribution in [1.82, 2.24) is 0 Å². The molecule has 7 heteroatoms. The molecule has 2 aromatic rings. The normalized spacial score (nSPS) is 11.7. The van der Waals surface area contributed by atoms with Gasteiger partial charge in [0.1, 0.15) is 25.5 Å². The largest absolute Gasteiger partial charge is 0.489 e. The van der Waals surface area contributed by atoms with E-state index in [2.05, 4.69) is 9.99 Å². The molecule has 24 heavy (non-hydrogen) atoms. The van der Waals surface area contributed by atoms with Crippen molar-refractivity contribution in [3.63, 3.8) is 0 Å². The maximum Gasteiger partial charge on any atom is 0.416 e. The van der Waals surface area contributed by atoms with Gasteiger partial charge in [-0.1, -0.05) is 35.5 Å². The summed E-state index contributed by atoms with van der Waals surface area (Å²) in [5, 5.41) is 12.7. The number of oxime groups is 1. The standard InChI is InChI=1S/C17H13F3N2O2/c1-23-22-16(10-21)15-8-3-2-5-12(15)11-24-14-7-4-6-13(9-14)17(18,19)20/h2-9H,11H2,1H3. The number of ether oxygens (including phenoxy) is 1. The van der Waals surface area contributed by atoms with Crippen LogP contribution in [0.25, 0.3) is 0 Å². The lowest BCUT2D eigenvalue weighted by Crippen LogP contribution is -2.07. The monoisotopic (exact) mass is 334 g/mol. The predicted octanol–water partition coefficient (Wildman–Crippen LogP) is 4.16. The van der Waals surface area contributed by atoms with Crippen LogP contribution in [-0.4, -0.2) is 12.8 Å². The molecule has 0 aliphatic rings. The van der Waals surface area contributed by atoms with Gasteiger partial charge in [-0.05, 0) is 23.8 Å². The zero-order valence-corrected chi connectivity index (χ0v) is 12.7. The molecular formula is C17H13F3N2O2. The highest BCUT2D eigenvalue weighted by Gasteiger charge is 2.30. The first kappa shape index (κ1) is 17.3. The van der Waals surface area contributed by atoms with Crippen LogP contribution in [0.3, 0.4) is 0 Å². The Kier molecular flexibility index (Phi) is 5.42. The van der Waals surface area contributed by atoms with Crippen LogP contribution in [0.1, 0.15) is 16.7 Å². The molecule has 0 aromatic heterocycles. The second kappa shape index (κ2) is 7.51. The molecule has 4 nitrogen and oxygen atoms in total. The Morgan fingerprint density at radius 2 is 1.92 bits per heavy atom. The molecule has 2 rings (SSSR count). The van der Waals surface area contributed by atoms with Gasteiger partial charge in [0.15, 0.2) is 5.71 Å². The smallest absolute Gasteiger partial charge is 0.416 e. The number of hydrogen-bond acceptors (Lipinski definition) is 4. The maximum atomic E-state index is 12.7. The SMILES string of the molecule is CON=C(C#N)c1ccccc1COc1cccc(C(F)(F)F)c1. The van der Waals surface area contributed by atoms with Gasteiger partial charge in [-0.3, -0.25) is 0 Å². The van der Waals surface area contributed by atoms with E-state index >= 15 is 0 Å². The van der Waals surface area contributed by atoms with Crippen molar-refractivity contribution in [2.24, 2.45) is 5.16 Å². The van der Waals surface area contributed by atoms with Crippen LogP contribution >= 0.6 is 0 Å². The first-order valence-electron chi connectivity index (χ1n) is 6.85. The summed E-state index contributed by atoms with van der Waals surface area (Å²) in [6.07, 6.45) is -4.43. The summed E-state index contributed by atoms with van der Waals surface area (Å²) in [6, 6.07) is 13.3. The van der Waals surface area contributed by atoms with Crippen molar-refractivity contribution in [1.29, 1.82) is 5.26 Å². The van der Waals surface area contributed by atoms with E-state index in [1.807, 2.05) is 6.07 Å². The molecule has 124 valence electrons. The van der Waals surface area contributed by atoms with E-state index in [-0.39, 0.29) is 18.1 Å². The third-order valence-electron chi connectivity index (χ3n) is 3.12. The van der Waals surface area contributed by atoms with Gasteiger partial charge in [-0.15, -0.1) is 0 Å². The first-order valence-corrected chi connectivity index (χ1v) is 6.85. The predicted molar refractivity (Wildman–Crippen MR) is 81.4 cm³/mol. The van der Waals surface area contributed by atoms with E-state index in [0.717, 1.165) is 12.1 Å². The molecule has 0 spiro atoms. The van der Waals surface area contributed by atoms with Gasteiger partial charge in [0.05, 0.1) is 5.56 Å². The number of rotatable bonds is 5. The van der Waals surface area contributed by atoms with Gasteiger partial charge in [0, 0.05) is 5.56 Å². The molecule has 0 saturated carbocycles. The molecular weight excluding hydrogens is 321 g/mol. The molecule has 0 heterocycles. The number of nitrogens with zero attached hydrogens (tertiary/aromatic N) is 2. The van der Waals surface area contributed by atoms with Crippen molar-refractivity contribution in [3.05, 3.63) is 65.2 Å². The van der Waals surface area contributed by atoms with Crippen LogP contribution in [0.4, 0.5) is 13.2 Å². The molecule has 0 fully saturated rings. The summed E-state index contributed by atoms with van der Waals surface area (Å²) < 4.78 is 43.6. The molecule has 2 aromatic carbocycles. The molecule has 0 radical (unpaired) electrons. The van der Waals surface area contributed by atoms with Crippen molar-refractivity contribution in [3.8, 4) is 11.8 Å². The lowest BCUT2D eigenvalue weighted by atomic mass is 10.0. The molecule has 0 bridgehead atoms. The quantitative estimate of drug-likeness (QED) is 0.609. The van der Waals surface area contributed by atoms with Crippen molar-refractivity contribution >= 4 is 5.71 Å². The minimum atomic E-state index is -4.43. The van der Waals surface area contributed by atoms with E-state index in [4.69, 9.17) is 10.00 Å². The molecule has 0 aliphatic heterocycles. The number of alkyl halides is 3. The van der Waals surface area contributed by atoms with E-state index in [1.165, 1.54) is 19.2 Å². The summed E-state index contributed by atoms with van der Waals surface area (Å²) in [5.41, 5.74) is 0.369. The fourth-order valence-electron chi connectivity index (χ4n) is 2.02. The molecule has 0 N–H and O–H groups in total. The van der Waals surface area contributed by atoms with E-state index in [9.17, 15) is 13.2 Å². The van der Waals surface area contributed by atoms with Crippen LogP contribution in [0.15, 0.2) is 53.7 Å². The lowest BCUT2D eigenvalue weighted by molar-refractivity contribution is -0.137. The van der Waals surface area contributed by atoms with Gasteiger partial charge in [0.25, 0.3) is 0 Å². The van der Waals surface area contributed by atoms with Crippen molar-refractivity contribution in [2.75, 3.05) is 7.11 Å². The third-order valence-corrected chi connectivity index (χ3v) is 3.12. The van der Waals surface area contributed by atoms with Crippen LogP contribution in [0.2, 0.25) is 0 Å². The highest BCUT2D eigenvalue weighted by molar-refractivity contribution is 6.12. The molecule has 0 unspecified atom stereocenters. The number of nitriles is 1. The van der Waals surface area contributed by atoms with E-state index in [1.54, 1.807) is 24.3 Å². The van der Waals surface area contributed by atoms with E-state index < -0.39 is 11.7 Å². The van der Waals surface area contributed by atoms with Gasteiger partial charge >= 0.3 is 6.18 Å². The summed E-state index contributed by atoms with van der Waals surface area (Å²) in [7, 11) is 1.32. The number of hydrogen-bond donors (Lipinski definition) is 0. The minimum Gasteiger partial charge on any atom is -0.489 e. The third kappa shape index (κ3) is 4.26. The molecule has 0 amide bonds. The zero-order valence-electron chi connectivity index (χ0n) is 12.7. The zero-order chi connectivity index (χ0) is 17.6. The summed E-state index contributed by atoms with van der Waals surface area (Å²) in [5.74, 6) is 0.0850. The van der Waals surface area contributed by atoms with Gasteiger partial charge in [-0.25, -0.2) is 0 Å². The Balaban J connectivity index is 2.22. The average Bonchev–Trinajstić information content (AvgIpc) is 2.58. The Morgan fingerprint density at radius 1 is 1.17 bits per heavy atom. The highest BCUT2D eigenvalue weighted by atomic mass is 19.4. The fraction of sp³-hybridized carbons (Fsp3) is 0.176. The fourth-order valence-corrected chi connectivity index (χ4v) is 2.02. The average molecular weight is 334 g/mol. The van der Waals surface area contributed by atoms with Crippen LogP contribution in [0, 0.1) is 11.3 Å². The number of halogens is 3.